The zero-order valence-electron chi connectivity index (χ0n) is 5.70. The Morgan fingerprint density at radius 2 is 1.91 bits per heavy atom. The quantitative estimate of drug-likeness (QED) is 0.718. The van der Waals surface area contributed by atoms with Crippen molar-refractivity contribution in [2.45, 2.75) is 0 Å². The van der Waals surface area contributed by atoms with Crippen LogP contribution < -0.4 is 4.74 Å². The van der Waals surface area contributed by atoms with Crippen molar-refractivity contribution in [3.63, 3.8) is 0 Å². The van der Waals surface area contributed by atoms with Crippen molar-refractivity contribution in [2.24, 2.45) is 0 Å². The summed E-state index contributed by atoms with van der Waals surface area (Å²) in [6.07, 6.45) is 0. The average Bonchev–Trinajstić information content (AvgIpc) is 1.97. The van der Waals surface area contributed by atoms with Gasteiger partial charge in [-0.1, -0.05) is 0 Å². The molecule has 0 saturated carbocycles. The van der Waals surface area contributed by atoms with E-state index in [1.54, 1.807) is 6.07 Å². The van der Waals surface area contributed by atoms with Crippen LogP contribution in [0, 0.1) is 5.82 Å². The van der Waals surface area contributed by atoms with Crippen LogP contribution in [0.3, 0.4) is 0 Å². The molecular weight excluding hydrogens is 279 g/mol. The minimum atomic E-state index is -0.329. The van der Waals surface area contributed by atoms with Crippen LogP contribution in [0.15, 0.2) is 21.1 Å². The number of halogens is 3. The van der Waals surface area contributed by atoms with Crippen molar-refractivity contribution in [3.8, 4) is 5.75 Å². The van der Waals surface area contributed by atoms with E-state index < -0.39 is 0 Å². The van der Waals surface area contributed by atoms with Crippen LogP contribution in [0.25, 0.3) is 0 Å². The Balaban J connectivity index is 3.21. The molecule has 0 atom stereocenters. The molecule has 1 aromatic carbocycles. The van der Waals surface area contributed by atoms with Gasteiger partial charge in [-0.15, -0.1) is 0 Å². The summed E-state index contributed by atoms with van der Waals surface area (Å²) in [4.78, 5) is 0. The molecule has 0 amide bonds. The van der Waals surface area contributed by atoms with Gasteiger partial charge in [0.05, 0.1) is 16.1 Å². The maximum atomic E-state index is 12.8. The predicted octanol–water partition coefficient (Wildman–Crippen LogP) is 3.36. The van der Waals surface area contributed by atoms with E-state index >= 15 is 0 Å². The van der Waals surface area contributed by atoms with E-state index in [4.69, 9.17) is 4.74 Å². The molecule has 0 bridgehead atoms. The van der Waals surface area contributed by atoms with Crippen LogP contribution in [0.4, 0.5) is 4.39 Å². The van der Waals surface area contributed by atoms with Gasteiger partial charge in [0.25, 0.3) is 0 Å². The lowest BCUT2D eigenvalue weighted by molar-refractivity contribution is 0.408. The van der Waals surface area contributed by atoms with Crippen molar-refractivity contribution in [1.29, 1.82) is 0 Å². The lowest BCUT2D eigenvalue weighted by Crippen LogP contribution is -1.86. The highest BCUT2D eigenvalue weighted by Gasteiger charge is 2.05. The molecule has 0 heterocycles. The first kappa shape index (κ1) is 9.00. The average molecular weight is 284 g/mol. The summed E-state index contributed by atoms with van der Waals surface area (Å²) in [5.74, 6) is 0.163. The van der Waals surface area contributed by atoms with Gasteiger partial charge in [-0.05, 0) is 37.9 Å². The molecule has 0 aliphatic rings. The van der Waals surface area contributed by atoms with Crippen molar-refractivity contribution in [2.75, 3.05) is 7.11 Å². The lowest BCUT2D eigenvalue weighted by Gasteiger charge is -2.03. The molecule has 0 aliphatic carbocycles. The van der Waals surface area contributed by atoms with Crippen molar-refractivity contribution in [1.82, 2.24) is 0 Å². The van der Waals surface area contributed by atoms with Gasteiger partial charge in [0, 0.05) is 6.07 Å². The van der Waals surface area contributed by atoms with Crippen LogP contribution in [-0.2, 0) is 0 Å². The van der Waals surface area contributed by atoms with E-state index in [1.807, 2.05) is 0 Å². The summed E-state index contributed by atoms with van der Waals surface area (Å²) in [7, 11) is 1.49. The van der Waals surface area contributed by atoms with Crippen LogP contribution in [0.1, 0.15) is 0 Å². The second kappa shape index (κ2) is 3.54. The molecular formula is C7H5Br2FO. The fourth-order valence-electron chi connectivity index (χ4n) is 0.661. The smallest absolute Gasteiger partial charge is 0.141 e. The molecule has 1 aromatic rings. The van der Waals surface area contributed by atoms with Crippen molar-refractivity contribution < 1.29 is 9.13 Å². The minimum Gasteiger partial charge on any atom is -0.495 e. The third kappa shape index (κ3) is 1.93. The minimum absolute atomic E-state index is 0.329. The van der Waals surface area contributed by atoms with E-state index in [0.717, 1.165) is 4.47 Å². The SMILES string of the molecule is COc1cc(F)c(Br)cc1Br. The summed E-state index contributed by atoms with van der Waals surface area (Å²) >= 11 is 6.27. The molecule has 1 nitrogen and oxygen atoms in total. The Kier molecular flexibility index (Phi) is 2.90. The Hall–Kier alpha value is -0.0900. The largest absolute Gasteiger partial charge is 0.495 e. The van der Waals surface area contributed by atoms with Gasteiger partial charge in [-0.3, -0.25) is 0 Å². The highest BCUT2D eigenvalue weighted by molar-refractivity contribution is 9.11. The second-order valence-corrected chi connectivity index (χ2v) is 3.61. The Bertz CT molecular complexity index is 275. The molecule has 60 valence electrons. The molecule has 0 saturated heterocycles. The molecule has 4 heteroatoms. The van der Waals surface area contributed by atoms with E-state index in [1.165, 1.54) is 13.2 Å². The first-order valence-electron chi connectivity index (χ1n) is 2.83. The normalized spacial score (nSPS) is 9.82. The Morgan fingerprint density at radius 1 is 1.27 bits per heavy atom. The lowest BCUT2D eigenvalue weighted by atomic mass is 10.3. The number of rotatable bonds is 1. The molecule has 0 aromatic heterocycles. The Morgan fingerprint density at radius 3 is 2.45 bits per heavy atom. The van der Waals surface area contributed by atoms with Gasteiger partial charge in [-0.25, -0.2) is 4.39 Å². The second-order valence-electron chi connectivity index (χ2n) is 1.90. The first-order chi connectivity index (χ1) is 5.15. The monoisotopic (exact) mass is 282 g/mol. The number of hydrogen-bond acceptors (Lipinski definition) is 1. The number of methoxy groups -OCH3 is 1. The summed E-state index contributed by atoms with van der Waals surface area (Å²) in [6.45, 7) is 0. The van der Waals surface area contributed by atoms with Crippen molar-refractivity contribution in [3.05, 3.63) is 26.9 Å². The van der Waals surface area contributed by atoms with Gasteiger partial charge in [0.1, 0.15) is 11.6 Å². The summed E-state index contributed by atoms with van der Waals surface area (Å²) in [5, 5.41) is 0. The summed E-state index contributed by atoms with van der Waals surface area (Å²) in [5.41, 5.74) is 0. The molecule has 0 spiro atoms. The predicted molar refractivity (Wildman–Crippen MR) is 48.4 cm³/mol. The zero-order chi connectivity index (χ0) is 8.43. The number of hydrogen-bond donors (Lipinski definition) is 0. The maximum absolute atomic E-state index is 12.8. The standard InChI is InChI=1S/C7H5Br2FO/c1-11-7-3-6(10)4(8)2-5(7)9/h2-3H,1H3. The third-order valence-electron chi connectivity index (χ3n) is 1.19. The molecule has 0 N–H and O–H groups in total. The van der Waals surface area contributed by atoms with Crippen molar-refractivity contribution >= 4 is 31.9 Å². The molecule has 11 heavy (non-hydrogen) atoms. The highest BCUT2D eigenvalue weighted by atomic mass is 79.9. The maximum Gasteiger partial charge on any atom is 0.141 e. The van der Waals surface area contributed by atoms with Gasteiger partial charge in [0.15, 0.2) is 0 Å². The fraction of sp³-hybridized carbons (Fsp3) is 0.143. The molecule has 0 unspecified atom stereocenters. The Labute approximate surface area is 80.8 Å². The number of ether oxygens (including phenoxy) is 1. The van der Waals surface area contributed by atoms with E-state index in [2.05, 4.69) is 31.9 Å². The summed E-state index contributed by atoms with van der Waals surface area (Å²) in [6, 6.07) is 2.92. The van der Waals surface area contributed by atoms with Gasteiger partial charge >= 0.3 is 0 Å². The molecule has 0 fully saturated rings. The van der Waals surface area contributed by atoms with E-state index in [0.29, 0.717) is 10.2 Å². The van der Waals surface area contributed by atoms with Gasteiger partial charge < -0.3 is 4.74 Å². The topological polar surface area (TPSA) is 9.23 Å². The van der Waals surface area contributed by atoms with Crippen LogP contribution in [-0.4, -0.2) is 7.11 Å². The molecule has 0 aliphatic heterocycles. The third-order valence-corrected chi connectivity index (χ3v) is 2.42. The van der Waals surface area contributed by atoms with Crippen LogP contribution in [0.5, 0.6) is 5.75 Å². The summed E-state index contributed by atoms with van der Waals surface area (Å²) < 4.78 is 18.8. The molecule has 1 rings (SSSR count). The van der Waals surface area contributed by atoms with Gasteiger partial charge in [0.2, 0.25) is 0 Å². The van der Waals surface area contributed by atoms with Gasteiger partial charge in [-0.2, -0.15) is 0 Å². The van der Waals surface area contributed by atoms with Crippen LogP contribution in [0.2, 0.25) is 0 Å². The highest BCUT2D eigenvalue weighted by Crippen LogP contribution is 2.30. The number of benzene rings is 1. The van der Waals surface area contributed by atoms with Crippen LogP contribution >= 0.6 is 31.9 Å². The molecule has 0 radical (unpaired) electrons. The van der Waals surface area contributed by atoms with E-state index in [9.17, 15) is 4.39 Å². The fourth-order valence-corrected chi connectivity index (χ4v) is 1.82. The zero-order valence-corrected chi connectivity index (χ0v) is 8.87. The first-order valence-corrected chi connectivity index (χ1v) is 4.42. The van der Waals surface area contributed by atoms with E-state index in [-0.39, 0.29) is 5.82 Å².